The van der Waals surface area contributed by atoms with Gasteiger partial charge in [-0.25, -0.2) is 8.42 Å². The molecule has 110 valence electrons. The fraction of sp³-hybridized carbons (Fsp3) is 0.462. The normalized spacial score (nSPS) is 19.7. The van der Waals surface area contributed by atoms with Crippen LogP contribution in [0.25, 0.3) is 0 Å². The van der Waals surface area contributed by atoms with Crippen LogP contribution in [0.15, 0.2) is 29.2 Å². The lowest BCUT2D eigenvalue weighted by molar-refractivity contribution is 0.0126. The molecule has 20 heavy (non-hydrogen) atoms. The van der Waals surface area contributed by atoms with E-state index in [-0.39, 0.29) is 9.88 Å². The molecule has 1 heterocycles. The third-order valence-electron chi connectivity index (χ3n) is 3.58. The molecule has 2 rings (SSSR count). The Hall–Kier alpha value is -1.02. The molecule has 0 atom stereocenters. The molecule has 0 bridgehead atoms. The van der Waals surface area contributed by atoms with E-state index in [0.29, 0.717) is 31.5 Å². The summed E-state index contributed by atoms with van der Waals surface area (Å²) in [6.45, 7) is 2.38. The fourth-order valence-corrected chi connectivity index (χ4v) is 3.73. The number of aliphatic hydroxyl groups is 1. The van der Waals surface area contributed by atoms with Crippen LogP contribution in [0, 0.1) is 0 Å². The summed E-state index contributed by atoms with van der Waals surface area (Å²) in [7, 11) is -3.52. The van der Waals surface area contributed by atoms with Crippen molar-refractivity contribution in [2.75, 3.05) is 13.1 Å². The number of rotatable bonds is 3. The van der Waals surface area contributed by atoms with Gasteiger partial charge >= 0.3 is 0 Å². The number of nitrogens with two attached hydrogens (primary N) is 1. The summed E-state index contributed by atoms with van der Waals surface area (Å²) >= 11 is 4.84. The summed E-state index contributed by atoms with van der Waals surface area (Å²) < 4.78 is 26.3. The highest BCUT2D eigenvalue weighted by Gasteiger charge is 2.33. The maximum Gasteiger partial charge on any atom is 0.243 e. The first-order valence-electron chi connectivity index (χ1n) is 6.35. The van der Waals surface area contributed by atoms with Crippen LogP contribution in [-0.4, -0.2) is 41.5 Å². The maximum atomic E-state index is 12.5. The summed E-state index contributed by atoms with van der Waals surface area (Å²) in [6, 6.07) is 6.23. The first-order chi connectivity index (χ1) is 9.22. The van der Waals surface area contributed by atoms with Crippen LogP contribution in [0.2, 0.25) is 0 Å². The Balaban J connectivity index is 2.20. The standard InChI is InChI=1S/C13H18N2O3S2/c1-13(16)6-8-15(9-7-13)20(17,18)11-4-2-10(3-5-11)12(14)19/h2-5,16H,6-9H2,1H3,(H2,14,19). The van der Waals surface area contributed by atoms with Gasteiger partial charge < -0.3 is 10.8 Å². The van der Waals surface area contributed by atoms with Gasteiger partial charge in [0.15, 0.2) is 0 Å². The maximum absolute atomic E-state index is 12.5. The highest BCUT2D eigenvalue weighted by atomic mass is 32.2. The number of benzene rings is 1. The van der Waals surface area contributed by atoms with Gasteiger partial charge in [0, 0.05) is 18.7 Å². The molecular weight excluding hydrogens is 296 g/mol. The van der Waals surface area contributed by atoms with Gasteiger partial charge in [0.2, 0.25) is 10.0 Å². The average Bonchev–Trinajstić information content (AvgIpc) is 2.38. The van der Waals surface area contributed by atoms with Crippen molar-refractivity contribution < 1.29 is 13.5 Å². The third-order valence-corrected chi connectivity index (χ3v) is 5.72. The lowest BCUT2D eigenvalue weighted by atomic mass is 9.95. The van der Waals surface area contributed by atoms with Gasteiger partial charge in [0.1, 0.15) is 4.99 Å². The van der Waals surface area contributed by atoms with Crippen LogP contribution in [0.4, 0.5) is 0 Å². The zero-order valence-electron chi connectivity index (χ0n) is 11.2. The Kier molecular flexibility index (Phi) is 4.15. The van der Waals surface area contributed by atoms with E-state index in [2.05, 4.69) is 0 Å². The zero-order chi connectivity index (χ0) is 15.0. The van der Waals surface area contributed by atoms with Gasteiger partial charge in [-0.3, -0.25) is 0 Å². The smallest absolute Gasteiger partial charge is 0.243 e. The first-order valence-corrected chi connectivity index (χ1v) is 8.20. The summed E-state index contributed by atoms with van der Waals surface area (Å²) in [5.41, 5.74) is 5.35. The average molecular weight is 314 g/mol. The molecule has 7 heteroatoms. The van der Waals surface area contributed by atoms with Crippen LogP contribution in [0.5, 0.6) is 0 Å². The molecule has 0 spiro atoms. The van der Waals surface area contributed by atoms with E-state index < -0.39 is 15.6 Å². The van der Waals surface area contributed by atoms with E-state index in [9.17, 15) is 13.5 Å². The van der Waals surface area contributed by atoms with Crippen LogP contribution in [-0.2, 0) is 10.0 Å². The van der Waals surface area contributed by atoms with E-state index in [1.54, 1.807) is 19.1 Å². The Morgan fingerprint density at radius 2 is 1.80 bits per heavy atom. The minimum Gasteiger partial charge on any atom is -0.390 e. The summed E-state index contributed by atoms with van der Waals surface area (Å²) in [4.78, 5) is 0.460. The lowest BCUT2D eigenvalue weighted by Gasteiger charge is -2.34. The minimum absolute atomic E-state index is 0.221. The Bertz CT molecular complexity index is 599. The van der Waals surface area contributed by atoms with Crippen LogP contribution >= 0.6 is 12.2 Å². The summed E-state index contributed by atoms with van der Waals surface area (Å²) in [5, 5.41) is 9.88. The molecule has 1 aromatic rings. The number of sulfonamides is 1. The fourth-order valence-electron chi connectivity index (χ4n) is 2.15. The SMILES string of the molecule is CC1(O)CCN(S(=O)(=O)c2ccc(C(N)=S)cc2)CC1. The number of hydrogen-bond donors (Lipinski definition) is 2. The molecule has 0 radical (unpaired) electrons. The number of nitrogens with zero attached hydrogens (tertiary/aromatic N) is 1. The van der Waals surface area contributed by atoms with E-state index in [4.69, 9.17) is 18.0 Å². The molecular formula is C13H18N2O3S2. The predicted molar refractivity (Wildman–Crippen MR) is 80.9 cm³/mol. The molecule has 0 amide bonds. The molecule has 1 fully saturated rings. The number of piperidine rings is 1. The van der Waals surface area contributed by atoms with Gasteiger partial charge in [-0.05, 0) is 31.9 Å². The van der Waals surface area contributed by atoms with Gasteiger partial charge in [-0.2, -0.15) is 4.31 Å². The van der Waals surface area contributed by atoms with Crippen LogP contribution in [0.1, 0.15) is 25.3 Å². The van der Waals surface area contributed by atoms with E-state index in [0.717, 1.165) is 0 Å². The van der Waals surface area contributed by atoms with Gasteiger partial charge in [-0.15, -0.1) is 0 Å². The second-order valence-electron chi connectivity index (χ2n) is 5.29. The Morgan fingerprint density at radius 3 is 2.25 bits per heavy atom. The number of thiocarbonyl (C=S) groups is 1. The Labute approximate surface area is 124 Å². The second kappa shape index (κ2) is 5.40. The van der Waals surface area contributed by atoms with Gasteiger partial charge in [0.05, 0.1) is 10.5 Å². The van der Waals surface area contributed by atoms with Crippen molar-refractivity contribution >= 4 is 27.2 Å². The molecule has 0 aliphatic carbocycles. The lowest BCUT2D eigenvalue weighted by Crippen LogP contribution is -2.45. The largest absolute Gasteiger partial charge is 0.390 e. The number of hydrogen-bond acceptors (Lipinski definition) is 4. The quantitative estimate of drug-likeness (QED) is 0.808. The highest BCUT2D eigenvalue weighted by molar-refractivity contribution is 7.89. The Morgan fingerprint density at radius 1 is 1.30 bits per heavy atom. The van der Waals surface area contributed by atoms with E-state index >= 15 is 0 Å². The van der Waals surface area contributed by atoms with E-state index in [1.807, 2.05) is 0 Å². The van der Waals surface area contributed by atoms with Crippen molar-refractivity contribution in [3.63, 3.8) is 0 Å². The van der Waals surface area contributed by atoms with Crippen molar-refractivity contribution in [1.82, 2.24) is 4.31 Å². The van der Waals surface area contributed by atoms with Gasteiger partial charge in [-0.1, -0.05) is 24.4 Å². The molecule has 0 unspecified atom stereocenters. The van der Waals surface area contributed by atoms with Crippen LogP contribution in [0.3, 0.4) is 0 Å². The minimum atomic E-state index is -3.52. The highest BCUT2D eigenvalue weighted by Crippen LogP contribution is 2.26. The molecule has 1 saturated heterocycles. The monoisotopic (exact) mass is 314 g/mol. The molecule has 3 N–H and O–H groups in total. The third kappa shape index (κ3) is 3.17. The van der Waals surface area contributed by atoms with Crippen molar-refractivity contribution in [2.45, 2.75) is 30.3 Å². The molecule has 1 aliphatic heterocycles. The zero-order valence-corrected chi connectivity index (χ0v) is 12.9. The van der Waals surface area contributed by atoms with Gasteiger partial charge in [0.25, 0.3) is 0 Å². The van der Waals surface area contributed by atoms with E-state index in [1.165, 1.54) is 16.4 Å². The molecule has 1 aromatic carbocycles. The molecule has 1 aliphatic rings. The van der Waals surface area contributed by atoms with Crippen molar-refractivity contribution in [2.24, 2.45) is 5.73 Å². The molecule has 0 aromatic heterocycles. The van der Waals surface area contributed by atoms with Crippen molar-refractivity contribution in [3.8, 4) is 0 Å². The summed E-state index contributed by atoms with van der Waals surface area (Å²) in [5.74, 6) is 0. The first kappa shape index (κ1) is 15.4. The topological polar surface area (TPSA) is 83.6 Å². The summed E-state index contributed by atoms with van der Waals surface area (Å²) in [6.07, 6.45) is 0.883. The van der Waals surface area contributed by atoms with Crippen LogP contribution < -0.4 is 5.73 Å². The molecule has 5 nitrogen and oxygen atoms in total. The molecule has 0 saturated carbocycles. The second-order valence-corrected chi connectivity index (χ2v) is 7.67. The predicted octanol–water partition coefficient (Wildman–Crippen LogP) is 0.856. The van der Waals surface area contributed by atoms with Crippen molar-refractivity contribution in [3.05, 3.63) is 29.8 Å². The van der Waals surface area contributed by atoms with Crippen molar-refractivity contribution in [1.29, 1.82) is 0 Å².